The molecule has 0 radical (unpaired) electrons. The van der Waals surface area contributed by atoms with Crippen LogP contribution in [0.1, 0.15) is 6.92 Å². The number of nitrogens with one attached hydrogen (secondary N) is 1. The van der Waals surface area contributed by atoms with Crippen LogP contribution in [0.15, 0.2) is 47.6 Å². The van der Waals surface area contributed by atoms with E-state index in [0.717, 1.165) is 28.6 Å². The second kappa shape index (κ2) is 8.26. The van der Waals surface area contributed by atoms with Crippen LogP contribution in [0.4, 0.5) is 5.69 Å². The molecule has 2 aromatic carbocycles. The zero-order valence-electron chi connectivity index (χ0n) is 14.8. The van der Waals surface area contributed by atoms with Crippen LogP contribution in [-0.2, 0) is 11.3 Å². The minimum Gasteiger partial charge on any atom is -0.323 e. The van der Waals surface area contributed by atoms with E-state index in [0.29, 0.717) is 27.9 Å². The van der Waals surface area contributed by atoms with Gasteiger partial charge in [-0.2, -0.15) is 8.75 Å². The van der Waals surface area contributed by atoms with E-state index in [-0.39, 0.29) is 11.7 Å². The van der Waals surface area contributed by atoms with Crippen molar-refractivity contribution in [1.29, 1.82) is 0 Å². The third-order valence-electron chi connectivity index (χ3n) is 4.01. The second-order valence-electron chi connectivity index (χ2n) is 5.84. The van der Waals surface area contributed by atoms with Gasteiger partial charge in [0.05, 0.1) is 23.2 Å². The SMILES string of the molecule is CCn1c(SCC(=O)Nc2cccc3nsnc23)nnc1-c1cccc(Cl)c1. The number of amides is 1. The lowest BCUT2D eigenvalue weighted by Gasteiger charge is -2.08. The number of carbonyl (C=O) groups excluding carboxylic acids is 1. The van der Waals surface area contributed by atoms with Crippen LogP contribution in [0.2, 0.25) is 5.02 Å². The average molecular weight is 431 g/mol. The molecular formula is C18H15ClN6OS2. The number of fused-ring (bicyclic) bond motifs is 1. The van der Waals surface area contributed by atoms with Gasteiger partial charge in [-0.15, -0.1) is 10.2 Å². The van der Waals surface area contributed by atoms with Crippen LogP contribution < -0.4 is 5.32 Å². The number of hydrogen-bond donors (Lipinski definition) is 1. The summed E-state index contributed by atoms with van der Waals surface area (Å²) in [5.41, 5.74) is 3.02. The molecule has 0 saturated heterocycles. The molecule has 2 aromatic heterocycles. The number of carbonyl (C=O) groups is 1. The number of thioether (sulfide) groups is 1. The summed E-state index contributed by atoms with van der Waals surface area (Å²) in [4.78, 5) is 12.4. The van der Waals surface area contributed by atoms with Crippen LogP contribution in [0.25, 0.3) is 22.4 Å². The number of anilines is 1. The fourth-order valence-electron chi connectivity index (χ4n) is 2.75. The van der Waals surface area contributed by atoms with Crippen molar-refractivity contribution in [2.24, 2.45) is 0 Å². The van der Waals surface area contributed by atoms with Crippen LogP contribution in [-0.4, -0.2) is 35.2 Å². The summed E-state index contributed by atoms with van der Waals surface area (Å²) in [5.74, 6) is 0.799. The van der Waals surface area contributed by atoms with Gasteiger partial charge in [-0.1, -0.05) is 41.6 Å². The Morgan fingerprint density at radius 3 is 2.89 bits per heavy atom. The summed E-state index contributed by atoms with van der Waals surface area (Å²) >= 11 is 8.55. The quantitative estimate of drug-likeness (QED) is 0.457. The van der Waals surface area contributed by atoms with Crippen LogP contribution in [0.5, 0.6) is 0 Å². The van der Waals surface area contributed by atoms with Crippen LogP contribution >= 0.6 is 35.1 Å². The first kappa shape index (κ1) is 18.9. The highest BCUT2D eigenvalue weighted by Crippen LogP contribution is 2.26. The molecule has 0 fully saturated rings. The summed E-state index contributed by atoms with van der Waals surface area (Å²) in [6.45, 7) is 2.69. The Morgan fingerprint density at radius 2 is 2.07 bits per heavy atom. The molecular weight excluding hydrogens is 416 g/mol. The Labute approximate surface area is 174 Å². The van der Waals surface area contributed by atoms with Crippen molar-refractivity contribution in [2.45, 2.75) is 18.6 Å². The molecule has 0 atom stereocenters. The minimum absolute atomic E-state index is 0.138. The lowest BCUT2D eigenvalue weighted by atomic mass is 10.2. The maximum atomic E-state index is 12.4. The molecule has 142 valence electrons. The Balaban J connectivity index is 1.47. The first-order valence-electron chi connectivity index (χ1n) is 8.48. The normalized spacial score (nSPS) is 11.1. The predicted octanol–water partition coefficient (Wildman–Crippen LogP) is 4.35. The van der Waals surface area contributed by atoms with E-state index in [1.807, 2.05) is 54.0 Å². The largest absolute Gasteiger partial charge is 0.323 e. The minimum atomic E-state index is -0.138. The van der Waals surface area contributed by atoms with E-state index in [2.05, 4.69) is 24.3 Å². The Morgan fingerprint density at radius 1 is 1.21 bits per heavy atom. The summed E-state index contributed by atoms with van der Waals surface area (Å²) in [6, 6.07) is 13.0. The van der Waals surface area contributed by atoms with Gasteiger partial charge in [0.25, 0.3) is 0 Å². The van der Waals surface area contributed by atoms with Crippen molar-refractivity contribution in [3.05, 3.63) is 47.5 Å². The van der Waals surface area contributed by atoms with Gasteiger partial charge in [-0.05, 0) is 31.2 Å². The average Bonchev–Trinajstić information content (AvgIpc) is 3.33. The van der Waals surface area contributed by atoms with Crippen LogP contribution in [0, 0.1) is 0 Å². The maximum absolute atomic E-state index is 12.4. The zero-order chi connectivity index (χ0) is 19.5. The van der Waals surface area contributed by atoms with E-state index >= 15 is 0 Å². The summed E-state index contributed by atoms with van der Waals surface area (Å²) in [6.07, 6.45) is 0. The van der Waals surface area contributed by atoms with E-state index in [1.54, 1.807) is 0 Å². The summed E-state index contributed by atoms with van der Waals surface area (Å²) < 4.78 is 10.4. The van der Waals surface area contributed by atoms with Crippen molar-refractivity contribution in [3.63, 3.8) is 0 Å². The third kappa shape index (κ3) is 3.87. The molecule has 0 aliphatic heterocycles. The molecule has 1 N–H and O–H groups in total. The van der Waals surface area contributed by atoms with Crippen molar-refractivity contribution >= 4 is 57.7 Å². The molecule has 4 aromatic rings. The molecule has 4 rings (SSSR count). The highest BCUT2D eigenvalue weighted by atomic mass is 35.5. The van der Waals surface area contributed by atoms with Gasteiger partial charge in [0.15, 0.2) is 11.0 Å². The number of hydrogen-bond acceptors (Lipinski definition) is 7. The lowest BCUT2D eigenvalue weighted by molar-refractivity contribution is -0.113. The summed E-state index contributed by atoms with van der Waals surface area (Å²) in [7, 11) is 0. The lowest BCUT2D eigenvalue weighted by Crippen LogP contribution is -2.15. The van der Waals surface area contributed by atoms with E-state index in [9.17, 15) is 4.79 Å². The van der Waals surface area contributed by atoms with Crippen molar-refractivity contribution in [1.82, 2.24) is 23.5 Å². The number of rotatable bonds is 6. The topological polar surface area (TPSA) is 85.6 Å². The predicted molar refractivity (Wildman–Crippen MR) is 113 cm³/mol. The van der Waals surface area contributed by atoms with E-state index in [4.69, 9.17) is 11.6 Å². The third-order valence-corrected chi connectivity index (χ3v) is 5.75. The van der Waals surface area contributed by atoms with Gasteiger partial charge in [0, 0.05) is 17.1 Å². The molecule has 0 aliphatic rings. The molecule has 2 heterocycles. The molecule has 10 heteroatoms. The standard InChI is InChI=1S/C18H15ClN6OS2/c1-2-25-17(11-5-3-6-12(19)9-11)21-22-18(25)27-10-15(26)20-13-7-4-8-14-16(13)24-28-23-14/h3-9H,2,10H2,1H3,(H,20,26). The number of benzene rings is 2. The van der Waals surface area contributed by atoms with Crippen LogP contribution in [0.3, 0.4) is 0 Å². The Hall–Kier alpha value is -2.49. The summed E-state index contributed by atoms with van der Waals surface area (Å²) in [5, 5.41) is 12.7. The smallest absolute Gasteiger partial charge is 0.234 e. The maximum Gasteiger partial charge on any atom is 0.234 e. The zero-order valence-corrected chi connectivity index (χ0v) is 17.2. The highest BCUT2D eigenvalue weighted by molar-refractivity contribution is 7.99. The second-order valence-corrected chi connectivity index (χ2v) is 7.74. The first-order valence-corrected chi connectivity index (χ1v) is 10.6. The van der Waals surface area contributed by atoms with Gasteiger partial charge in [-0.25, -0.2) is 0 Å². The molecule has 1 amide bonds. The molecule has 0 saturated carbocycles. The fraction of sp³-hybridized carbons (Fsp3) is 0.167. The Kier molecular flexibility index (Phi) is 5.56. The molecule has 7 nitrogen and oxygen atoms in total. The molecule has 0 aliphatic carbocycles. The Bertz CT molecular complexity index is 1140. The van der Waals surface area contributed by atoms with E-state index < -0.39 is 0 Å². The number of aromatic nitrogens is 5. The molecule has 0 bridgehead atoms. The monoisotopic (exact) mass is 430 g/mol. The molecule has 0 spiro atoms. The van der Waals surface area contributed by atoms with Gasteiger partial charge in [0.2, 0.25) is 5.91 Å². The fourth-order valence-corrected chi connectivity index (χ4v) is 4.29. The van der Waals surface area contributed by atoms with Gasteiger partial charge < -0.3 is 9.88 Å². The van der Waals surface area contributed by atoms with Gasteiger partial charge in [-0.3, -0.25) is 4.79 Å². The molecule has 0 unspecified atom stereocenters. The van der Waals surface area contributed by atoms with Crippen molar-refractivity contribution in [2.75, 3.05) is 11.1 Å². The van der Waals surface area contributed by atoms with E-state index in [1.165, 1.54) is 11.8 Å². The number of nitrogens with zero attached hydrogens (tertiary/aromatic N) is 5. The molecule has 28 heavy (non-hydrogen) atoms. The van der Waals surface area contributed by atoms with Gasteiger partial charge >= 0.3 is 0 Å². The first-order chi connectivity index (χ1) is 13.7. The van der Waals surface area contributed by atoms with Crippen molar-refractivity contribution in [3.8, 4) is 11.4 Å². The highest BCUT2D eigenvalue weighted by Gasteiger charge is 2.15. The number of halogens is 1. The van der Waals surface area contributed by atoms with Gasteiger partial charge in [0.1, 0.15) is 11.0 Å². The van der Waals surface area contributed by atoms with Crippen molar-refractivity contribution < 1.29 is 4.79 Å².